The molecule has 0 atom stereocenters. The van der Waals surface area contributed by atoms with Crippen LogP contribution in [0.1, 0.15) is 24.1 Å². The highest BCUT2D eigenvalue weighted by molar-refractivity contribution is 14.0. The van der Waals surface area contributed by atoms with Crippen LogP contribution in [0.25, 0.3) is 0 Å². The van der Waals surface area contributed by atoms with Crippen molar-refractivity contribution in [1.29, 1.82) is 0 Å². The van der Waals surface area contributed by atoms with Gasteiger partial charge in [0.2, 0.25) is 0 Å². The summed E-state index contributed by atoms with van der Waals surface area (Å²) in [5, 5.41) is 3.62. The number of hydrogen-bond donors (Lipinski definition) is 1. The number of halogens is 1. The van der Waals surface area contributed by atoms with Gasteiger partial charge in [0, 0.05) is 58.2 Å². The fourth-order valence-electron chi connectivity index (χ4n) is 3.73. The fourth-order valence-corrected chi connectivity index (χ4v) is 3.73. The summed E-state index contributed by atoms with van der Waals surface area (Å²) in [6.07, 6.45) is 4.14. The molecule has 1 aromatic carbocycles. The number of nitrogens with one attached hydrogen (secondary N) is 1. The van der Waals surface area contributed by atoms with Crippen molar-refractivity contribution in [3.8, 4) is 0 Å². The van der Waals surface area contributed by atoms with Crippen molar-refractivity contribution in [2.75, 3.05) is 33.9 Å². The third kappa shape index (κ3) is 5.25. The fraction of sp³-hybridized carbons (Fsp3) is 0.476. The van der Waals surface area contributed by atoms with Gasteiger partial charge in [-0.3, -0.25) is 4.99 Å². The molecule has 1 saturated heterocycles. The Morgan fingerprint density at radius 1 is 1.19 bits per heavy atom. The van der Waals surface area contributed by atoms with Gasteiger partial charge < -0.3 is 19.5 Å². The van der Waals surface area contributed by atoms with E-state index < -0.39 is 0 Å². The number of ether oxygens (including phenoxy) is 1. The third-order valence-electron chi connectivity index (χ3n) is 5.44. The van der Waals surface area contributed by atoms with Crippen molar-refractivity contribution >= 4 is 29.9 Å². The Morgan fingerprint density at radius 2 is 1.89 bits per heavy atom. The smallest absolute Gasteiger partial charge is 0.193 e. The summed E-state index contributed by atoms with van der Waals surface area (Å²) in [5.41, 5.74) is 2.75. The molecular weight excluding hydrogens is 451 g/mol. The summed E-state index contributed by atoms with van der Waals surface area (Å²) in [6, 6.07) is 15.0. The van der Waals surface area contributed by atoms with Crippen LogP contribution >= 0.6 is 24.0 Å². The Hall–Kier alpha value is -1.54. The van der Waals surface area contributed by atoms with Crippen LogP contribution in [0, 0.1) is 0 Å². The molecule has 0 bridgehead atoms. The van der Waals surface area contributed by atoms with Gasteiger partial charge in [0.05, 0.1) is 6.54 Å². The maximum atomic E-state index is 5.64. The van der Waals surface area contributed by atoms with Crippen molar-refractivity contribution < 1.29 is 4.74 Å². The SMILES string of the molecule is CN=C(NCC1(c2ccccc2)CCOCC1)N(C)Cc1cccn1C.I. The Morgan fingerprint density at radius 3 is 2.48 bits per heavy atom. The van der Waals surface area contributed by atoms with Gasteiger partial charge in [0.15, 0.2) is 5.96 Å². The second kappa shape index (κ2) is 10.1. The second-order valence-corrected chi connectivity index (χ2v) is 7.13. The number of aryl methyl sites for hydroxylation is 1. The van der Waals surface area contributed by atoms with E-state index in [0.29, 0.717) is 0 Å². The van der Waals surface area contributed by atoms with E-state index >= 15 is 0 Å². The second-order valence-electron chi connectivity index (χ2n) is 7.13. The van der Waals surface area contributed by atoms with Crippen molar-refractivity contribution in [3.05, 3.63) is 59.9 Å². The Bertz CT molecular complexity index is 723. The van der Waals surface area contributed by atoms with E-state index in [2.05, 4.69) is 82.5 Å². The molecule has 6 heteroatoms. The minimum atomic E-state index is 0. The number of nitrogens with zero attached hydrogens (tertiary/aromatic N) is 3. The van der Waals surface area contributed by atoms with E-state index in [1.54, 1.807) is 0 Å². The van der Waals surface area contributed by atoms with Crippen LogP contribution in [0.4, 0.5) is 0 Å². The molecule has 2 heterocycles. The lowest BCUT2D eigenvalue weighted by Gasteiger charge is -2.39. The van der Waals surface area contributed by atoms with Crippen molar-refractivity contribution in [1.82, 2.24) is 14.8 Å². The molecule has 0 amide bonds. The monoisotopic (exact) mass is 482 g/mol. The van der Waals surface area contributed by atoms with Crippen LogP contribution < -0.4 is 5.32 Å². The van der Waals surface area contributed by atoms with Crippen molar-refractivity contribution in [2.24, 2.45) is 12.0 Å². The zero-order chi connectivity index (χ0) is 18.4. The molecule has 0 spiro atoms. The zero-order valence-corrected chi connectivity index (χ0v) is 18.8. The van der Waals surface area contributed by atoms with E-state index in [-0.39, 0.29) is 29.4 Å². The highest BCUT2D eigenvalue weighted by atomic mass is 127. The van der Waals surface area contributed by atoms with E-state index in [0.717, 1.165) is 45.1 Å². The first kappa shape index (κ1) is 21.8. The first-order valence-electron chi connectivity index (χ1n) is 9.30. The molecular formula is C21H31IN4O. The normalized spacial score (nSPS) is 16.5. The summed E-state index contributed by atoms with van der Waals surface area (Å²) >= 11 is 0. The Balaban J connectivity index is 0.00000261. The molecule has 1 aromatic heterocycles. The highest BCUT2D eigenvalue weighted by Gasteiger charge is 2.34. The van der Waals surface area contributed by atoms with E-state index in [9.17, 15) is 0 Å². The lowest BCUT2D eigenvalue weighted by Crippen LogP contribution is -2.48. The number of aromatic nitrogens is 1. The molecule has 3 rings (SSSR count). The first-order valence-corrected chi connectivity index (χ1v) is 9.30. The predicted octanol–water partition coefficient (Wildman–Crippen LogP) is 3.40. The van der Waals surface area contributed by atoms with Gasteiger partial charge in [-0.25, -0.2) is 0 Å². The van der Waals surface area contributed by atoms with E-state index in [1.807, 2.05) is 7.05 Å². The maximum absolute atomic E-state index is 5.64. The quantitative estimate of drug-likeness (QED) is 0.404. The molecule has 2 aromatic rings. The first-order chi connectivity index (χ1) is 12.6. The number of benzene rings is 1. The lowest BCUT2D eigenvalue weighted by atomic mass is 9.74. The number of guanidine groups is 1. The van der Waals surface area contributed by atoms with Crippen molar-refractivity contribution in [2.45, 2.75) is 24.8 Å². The largest absolute Gasteiger partial charge is 0.381 e. The zero-order valence-electron chi connectivity index (χ0n) is 16.5. The van der Waals surface area contributed by atoms with Gasteiger partial charge in [-0.1, -0.05) is 30.3 Å². The van der Waals surface area contributed by atoms with Gasteiger partial charge in [0.25, 0.3) is 0 Å². The average molecular weight is 482 g/mol. The van der Waals surface area contributed by atoms with Gasteiger partial charge in [-0.05, 0) is 30.5 Å². The minimum Gasteiger partial charge on any atom is -0.381 e. The van der Waals surface area contributed by atoms with Crippen LogP contribution in [-0.4, -0.2) is 49.3 Å². The highest BCUT2D eigenvalue weighted by Crippen LogP contribution is 2.34. The molecule has 5 nitrogen and oxygen atoms in total. The molecule has 27 heavy (non-hydrogen) atoms. The molecule has 1 aliphatic rings. The number of rotatable bonds is 5. The molecule has 0 unspecified atom stereocenters. The third-order valence-corrected chi connectivity index (χ3v) is 5.44. The molecule has 148 valence electrons. The van der Waals surface area contributed by atoms with Gasteiger partial charge in [-0.2, -0.15) is 0 Å². The summed E-state index contributed by atoms with van der Waals surface area (Å²) in [5.74, 6) is 0.924. The summed E-state index contributed by atoms with van der Waals surface area (Å²) < 4.78 is 7.79. The standard InChI is InChI=1S/C21H30N4O.HI/c1-22-20(25(3)16-19-10-7-13-24(19)2)23-17-21(11-14-26-15-12-21)18-8-5-4-6-9-18;/h4-10,13H,11-12,14-17H2,1-3H3,(H,22,23);1H. The van der Waals surface area contributed by atoms with Crippen LogP contribution in [-0.2, 0) is 23.7 Å². The summed E-state index contributed by atoms with van der Waals surface area (Å²) in [6.45, 7) is 3.32. The summed E-state index contributed by atoms with van der Waals surface area (Å²) in [4.78, 5) is 6.67. The maximum Gasteiger partial charge on any atom is 0.193 e. The van der Waals surface area contributed by atoms with Gasteiger partial charge >= 0.3 is 0 Å². The average Bonchev–Trinajstić information content (AvgIpc) is 3.08. The topological polar surface area (TPSA) is 41.8 Å². The van der Waals surface area contributed by atoms with E-state index in [1.165, 1.54) is 11.3 Å². The molecule has 1 aliphatic heterocycles. The predicted molar refractivity (Wildman–Crippen MR) is 122 cm³/mol. The Labute approximate surface area is 179 Å². The van der Waals surface area contributed by atoms with Crippen LogP contribution in [0.5, 0.6) is 0 Å². The Kier molecular flexibility index (Phi) is 8.16. The van der Waals surface area contributed by atoms with Crippen LogP contribution in [0.3, 0.4) is 0 Å². The van der Waals surface area contributed by atoms with Gasteiger partial charge in [-0.15, -0.1) is 24.0 Å². The molecule has 0 saturated carbocycles. The van der Waals surface area contributed by atoms with E-state index in [4.69, 9.17) is 4.74 Å². The number of hydrogen-bond acceptors (Lipinski definition) is 2. The lowest BCUT2D eigenvalue weighted by molar-refractivity contribution is 0.0512. The molecule has 1 N–H and O–H groups in total. The minimum absolute atomic E-state index is 0. The van der Waals surface area contributed by atoms with Gasteiger partial charge in [0.1, 0.15) is 0 Å². The van der Waals surface area contributed by atoms with Crippen molar-refractivity contribution in [3.63, 3.8) is 0 Å². The van der Waals surface area contributed by atoms with Crippen LogP contribution in [0.2, 0.25) is 0 Å². The number of aliphatic imine (C=N–C) groups is 1. The molecule has 1 fully saturated rings. The molecule has 0 aliphatic carbocycles. The molecule has 0 radical (unpaired) electrons. The summed E-state index contributed by atoms with van der Waals surface area (Å²) in [7, 11) is 6.01. The van der Waals surface area contributed by atoms with Crippen LogP contribution in [0.15, 0.2) is 53.7 Å².